The molecule has 2 aliphatic rings. The molecule has 0 bridgehead atoms. The minimum atomic E-state index is 0.647. The first-order chi connectivity index (χ1) is 9.86. The average Bonchev–Trinajstić information content (AvgIpc) is 2.42. The Morgan fingerprint density at radius 3 is 3.00 bits per heavy atom. The van der Waals surface area contributed by atoms with E-state index < -0.39 is 0 Å². The second-order valence-electron chi connectivity index (χ2n) is 6.13. The molecule has 110 valence electrons. The summed E-state index contributed by atoms with van der Waals surface area (Å²) in [5.74, 6) is 2.47. The number of hydrogen-bond acceptors (Lipinski definition) is 4. The molecular formula is C16H25N3O. The highest BCUT2D eigenvalue weighted by atomic mass is 16.5. The van der Waals surface area contributed by atoms with Crippen LogP contribution in [-0.2, 0) is 17.6 Å². The maximum absolute atomic E-state index is 5.06. The minimum absolute atomic E-state index is 0.647. The van der Waals surface area contributed by atoms with Gasteiger partial charge in [-0.2, -0.15) is 0 Å². The molecule has 1 aromatic rings. The third-order valence-electron chi connectivity index (χ3n) is 4.66. The summed E-state index contributed by atoms with van der Waals surface area (Å²) in [5, 5.41) is 3.47. The quantitative estimate of drug-likeness (QED) is 0.808. The SMILES string of the molecule is COCCNCC1CCc2nc(C3CCC3)ncc2C1. The predicted molar refractivity (Wildman–Crippen MR) is 78.9 cm³/mol. The zero-order valence-electron chi connectivity index (χ0n) is 12.4. The summed E-state index contributed by atoms with van der Waals surface area (Å²) in [7, 11) is 1.75. The molecule has 0 radical (unpaired) electrons. The molecule has 3 rings (SSSR count). The number of fused-ring (bicyclic) bond motifs is 1. The largest absolute Gasteiger partial charge is 0.383 e. The first-order valence-corrected chi connectivity index (χ1v) is 7.91. The lowest BCUT2D eigenvalue weighted by Crippen LogP contribution is -2.30. The van der Waals surface area contributed by atoms with E-state index in [0.29, 0.717) is 5.92 Å². The molecule has 0 aromatic carbocycles. The van der Waals surface area contributed by atoms with Gasteiger partial charge in [-0.1, -0.05) is 6.42 Å². The van der Waals surface area contributed by atoms with Crippen LogP contribution < -0.4 is 5.32 Å². The third-order valence-corrected chi connectivity index (χ3v) is 4.66. The normalized spacial score (nSPS) is 22.4. The number of aryl methyl sites for hydroxylation is 1. The van der Waals surface area contributed by atoms with Gasteiger partial charge >= 0.3 is 0 Å². The summed E-state index contributed by atoms with van der Waals surface area (Å²) < 4.78 is 5.06. The third kappa shape index (κ3) is 3.18. The van der Waals surface area contributed by atoms with Crippen LogP contribution in [0.1, 0.15) is 48.7 Å². The fraction of sp³-hybridized carbons (Fsp3) is 0.750. The van der Waals surface area contributed by atoms with Crippen LogP contribution in [0.25, 0.3) is 0 Å². The van der Waals surface area contributed by atoms with E-state index in [9.17, 15) is 0 Å². The molecule has 0 spiro atoms. The van der Waals surface area contributed by atoms with Gasteiger partial charge in [0.15, 0.2) is 0 Å². The molecule has 20 heavy (non-hydrogen) atoms. The van der Waals surface area contributed by atoms with Crippen LogP contribution in [-0.4, -0.2) is 36.8 Å². The van der Waals surface area contributed by atoms with Gasteiger partial charge < -0.3 is 10.1 Å². The van der Waals surface area contributed by atoms with Crippen LogP contribution in [0.4, 0.5) is 0 Å². The predicted octanol–water partition coefficient (Wildman–Crippen LogP) is 2.08. The standard InChI is InChI=1S/C16H25N3O/c1-20-8-7-17-10-12-5-6-15-14(9-12)11-18-16(19-15)13-3-2-4-13/h11-13,17H,2-10H2,1H3. The van der Waals surface area contributed by atoms with Crippen LogP contribution in [0.2, 0.25) is 0 Å². The van der Waals surface area contributed by atoms with E-state index in [1.807, 2.05) is 0 Å². The van der Waals surface area contributed by atoms with Gasteiger partial charge in [-0.3, -0.25) is 0 Å². The van der Waals surface area contributed by atoms with Crippen molar-refractivity contribution in [2.75, 3.05) is 26.8 Å². The molecule has 4 heteroatoms. The van der Waals surface area contributed by atoms with Crippen molar-refractivity contribution in [3.8, 4) is 0 Å². The molecule has 1 atom stereocenters. The Morgan fingerprint density at radius 2 is 2.25 bits per heavy atom. The number of hydrogen-bond donors (Lipinski definition) is 1. The van der Waals surface area contributed by atoms with E-state index >= 15 is 0 Å². The number of aromatic nitrogens is 2. The van der Waals surface area contributed by atoms with E-state index in [4.69, 9.17) is 9.72 Å². The molecule has 0 amide bonds. The van der Waals surface area contributed by atoms with E-state index in [2.05, 4.69) is 16.5 Å². The van der Waals surface area contributed by atoms with E-state index in [1.165, 1.54) is 36.9 Å². The monoisotopic (exact) mass is 275 g/mol. The van der Waals surface area contributed by atoms with Crippen molar-refractivity contribution in [1.82, 2.24) is 15.3 Å². The Labute approximate surface area is 121 Å². The second kappa shape index (κ2) is 6.64. The highest BCUT2D eigenvalue weighted by molar-refractivity contribution is 5.22. The molecule has 1 N–H and O–H groups in total. The fourth-order valence-electron chi connectivity index (χ4n) is 3.12. The number of methoxy groups -OCH3 is 1. The first kappa shape index (κ1) is 14.0. The molecule has 1 saturated carbocycles. The average molecular weight is 275 g/mol. The maximum Gasteiger partial charge on any atom is 0.131 e. The minimum Gasteiger partial charge on any atom is -0.383 e. The Bertz CT molecular complexity index is 445. The van der Waals surface area contributed by atoms with Gasteiger partial charge in [-0.15, -0.1) is 0 Å². The smallest absolute Gasteiger partial charge is 0.131 e. The summed E-state index contributed by atoms with van der Waals surface area (Å²) in [6.07, 6.45) is 9.50. The topological polar surface area (TPSA) is 47.0 Å². The van der Waals surface area contributed by atoms with E-state index in [1.54, 1.807) is 7.11 Å². The van der Waals surface area contributed by atoms with Gasteiger partial charge in [-0.05, 0) is 50.1 Å². The highest BCUT2D eigenvalue weighted by Gasteiger charge is 2.25. The van der Waals surface area contributed by atoms with Crippen molar-refractivity contribution in [2.45, 2.75) is 44.4 Å². The van der Waals surface area contributed by atoms with E-state index in [-0.39, 0.29) is 0 Å². The number of nitrogens with one attached hydrogen (secondary N) is 1. The van der Waals surface area contributed by atoms with Crippen LogP contribution >= 0.6 is 0 Å². The van der Waals surface area contributed by atoms with Crippen LogP contribution in [0.3, 0.4) is 0 Å². The van der Waals surface area contributed by atoms with Gasteiger partial charge in [0.25, 0.3) is 0 Å². The molecule has 0 aliphatic heterocycles. The van der Waals surface area contributed by atoms with Crippen LogP contribution in [0.15, 0.2) is 6.20 Å². The van der Waals surface area contributed by atoms with Crippen molar-refractivity contribution in [3.05, 3.63) is 23.3 Å². The molecule has 2 aliphatic carbocycles. The number of ether oxygens (including phenoxy) is 1. The van der Waals surface area contributed by atoms with Crippen molar-refractivity contribution >= 4 is 0 Å². The van der Waals surface area contributed by atoms with Gasteiger partial charge in [0.1, 0.15) is 5.82 Å². The lowest BCUT2D eigenvalue weighted by molar-refractivity contribution is 0.197. The molecule has 1 fully saturated rings. The lowest BCUT2D eigenvalue weighted by atomic mass is 9.83. The van der Waals surface area contributed by atoms with Gasteiger partial charge in [-0.25, -0.2) is 9.97 Å². The Kier molecular flexibility index (Phi) is 4.63. The fourth-order valence-corrected chi connectivity index (χ4v) is 3.12. The zero-order chi connectivity index (χ0) is 13.8. The molecular weight excluding hydrogens is 250 g/mol. The molecule has 1 heterocycles. The highest BCUT2D eigenvalue weighted by Crippen LogP contribution is 2.35. The summed E-state index contributed by atoms with van der Waals surface area (Å²) in [6.45, 7) is 2.81. The van der Waals surface area contributed by atoms with Gasteiger partial charge in [0, 0.05) is 31.5 Å². The molecule has 0 saturated heterocycles. The molecule has 1 unspecified atom stereocenters. The summed E-state index contributed by atoms with van der Waals surface area (Å²) >= 11 is 0. The summed E-state index contributed by atoms with van der Waals surface area (Å²) in [5.41, 5.74) is 2.69. The van der Waals surface area contributed by atoms with E-state index in [0.717, 1.165) is 44.3 Å². The Balaban J connectivity index is 1.55. The lowest BCUT2D eigenvalue weighted by Gasteiger charge is -2.27. The maximum atomic E-state index is 5.06. The van der Waals surface area contributed by atoms with Crippen molar-refractivity contribution in [2.24, 2.45) is 5.92 Å². The Morgan fingerprint density at radius 1 is 1.35 bits per heavy atom. The summed E-state index contributed by atoms with van der Waals surface area (Å²) in [4.78, 5) is 9.43. The van der Waals surface area contributed by atoms with Crippen molar-refractivity contribution in [1.29, 1.82) is 0 Å². The Hall–Kier alpha value is -1.00. The second-order valence-corrected chi connectivity index (χ2v) is 6.13. The van der Waals surface area contributed by atoms with Crippen molar-refractivity contribution in [3.63, 3.8) is 0 Å². The first-order valence-electron chi connectivity index (χ1n) is 7.91. The van der Waals surface area contributed by atoms with Crippen LogP contribution in [0.5, 0.6) is 0 Å². The van der Waals surface area contributed by atoms with Crippen LogP contribution in [0, 0.1) is 5.92 Å². The van der Waals surface area contributed by atoms with Gasteiger partial charge in [0.2, 0.25) is 0 Å². The van der Waals surface area contributed by atoms with Crippen molar-refractivity contribution < 1.29 is 4.74 Å². The summed E-state index contributed by atoms with van der Waals surface area (Å²) in [6, 6.07) is 0. The molecule has 4 nitrogen and oxygen atoms in total. The molecule has 1 aromatic heterocycles. The number of nitrogens with zero attached hydrogens (tertiary/aromatic N) is 2. The zero-order valence-corrected chi connectivity index (χ0v) is 12.4. The van der Waals surface area contributed by atoms with Gasteiger partial charge in [0.05, 0.1) is 6.61 Å². The number of rotatable bonds is 6.